The van der Waals surface area contributed by atoms with Crippen molar-refractivity contribution in [3.63, 3.8) is 0 Å². The first-order chi connectivity index (χ1) is 10.2. The van der Waals surface area contributed by atoms with Gasteiger partial charge in [0.1, 0.15) is 18.1 Å². The van der Waals surface area contributed by atoms with Crippen molar-refractivity contribution in [2.75, 3.05) is 7.11 Å². The molecule has 0 saturated carbocycles. The lowest BCUT2D eigenvalue weighted by atomic mass is 10.1. The number of ether oxygens (including phenoxy) is 2. The zero-order valence-electron chi connectivity index (χ0n) is 11.4. The second kappa shape index (κ2) is 7.35. The van der Waals surface area contributed by atoms with Crippen molar-refractivity contribution in [2.45, 2.75) is 12.5 Å². The minimum absolute atomic E-state index is 0.310. The van der Waals surface area contributed by atoms with Gasteiger partial charge < -0.3 is 9.47 Å². The molecule has 2 rings (SSSR count). The largest absolute Gasteiger partial charge is 0.496 e. The Morgan fingerprint density at radius 1 is 1.14 bits per heavy atom. The Labute approximate surface area is 137 Å². The number of rotatable bonds is 5. The van der Waals surface area contributed by atoms with Crippen LogP contribution in [0.15, 0.2) is 40.9 Å². The van der Waals surface area contributed by atoms with E-state index in [-0.39, 0.29) is 0 Å². The van der Waals surface area contributed by atoms with E-state index < -0.39 is 0 Å². The van der Waals surface area contributed by atoms with Gasteiger partial charge in [0.15, 0.2) is 0 Å². The van der Waals surface area contributed by atoms with Crippen LogP contribution in [0.3, 0.4) is 0 Å². The highest BCUT2D eigenvalue weighted by Gasteiger charge is 2.08. The molecule has 0 aliphatic heterocycles. The van der Waals surface area contributed by atoms with Gasteiger partial charge in [-0.05, 0) is 36.4 Å². The summed E-state index contributed by atoms with van der Waals surface area (Å²) in [5.41, 5.74) is 2.30. The van der Waals surface area contributed by atoms with Crippen LogP contribution in [0.2, 0.25) is 0 Å². The van der Waals surface area contributed by atoms with Crippen LogP contribution >= 0.6 is 27.5 Å². The molecule has 108 valence electrons. The molecule has 0 heterocycles. The molecule has 5 heteroatoms. The maximum Gasteiger partial charge on any atom is 0.125 e. The Morgan fingerprint density at radius 2 is 1.90 bits per heavy atom. The van der Waals surface area contributed by atoms with Crippen LogP contribution in [-0.2, 0) is 12.5 Å². The van der Waals surface area contributed by atoms with E-state index in [1.165, 1.54) is 0 Å². The highest BCUT2D eigenvalue weighted by molar-refractivity contribution is 9.10. The van der Waals surface area contributed by atoms with E-state index in [0.29, 0.717) is 23.8 Å². The Morgan fingerprint density at radius 3 is 2.57 bits per heavy atom. The van der Waals surface area contributed by atoms with Crippen molar-refractivity contribution in [3.8, 4) is 17.6 Å². The van der Waals surface area contributed by atoms with Gasteiger partial charge in [0.2, 0.25) is 0 Å². The standard InChI is InChI=1S/C16H13BrClNO2/c1-20-15-4-2-11(9-19)6-13(15)10-21-16-5-3-14(17)7-12(16)8-18/h2-7H,8,10H2,1H3. The van der Waals surface area contributed by atoms with E-state index in [2.05, 4.69) is 22.0 Å². The Balaban J connectivity index is 2.22. The Hall–Kier alpha value is -1.70. The van der Waals surface area contributed by atoms with Crippen LogP contribution in [-0.4, -0.2) is 7.11 Å². The molecular weight excluding hydrogens is 354 g/mol. The summed E-state index contributed by atoms with van der Waals surface area (Å²) in [6.07, 6.45) is 0. The molecular formula is C16H13BrClNO2. The van der Waals surface area contributed by atoms with Crippen LogP contribution in [0.4, 0.5) is 0 Å². The summed E-state index contributed by atoms with van der Waals surface area (Å²) in [5, 5.41) is 8.97. The van der Waals surface area contributed by atoms with Gasteiger partial charge in [0, 0.05) is 15.6 Å². The van der Waals surface area contributed by atoms with Crippen LogP contribution < -0.4 is 9.47 Å². The summed E-state index contributed by atoms with van der Waals surface area (Å²) >= 11 is 9.33. The molecule has 2 aromatic carbocycles. The van der Waals surface area contributed by atoms with E-state index >= 15 is 0 Å². The van der Waals surface area contributed by atoms with Gasteiger partial charge in [0.05, 0.1) is 24.6 Å². The number of hydrogen-bond donors (Lipinski definition) is 0. The van der Waals surface area contributed by atoms with E-state index in [1.807, 2.05) is 18.2 Å². The highest BCUT2D eigenvalue weighted by atomic mass is 79.9. The fraction of sp³-hybridized carbons (Fsp3) is 0.188. The SMILES string of the molecule is COc1ccc(C#N)cc1COc1ccc(Br)cc1CCl. The predicted molar refractivity (Wildman–Crippen MR) is 85.7 cm³/mol. The molecule has 0 N–H and O–H groups in total. The van der Waals surface area contributed by atoms with Crippen LogP contribution in [0, 0.1) is 11.3 Å². The van der Waals surface area contributed by atoms with E-state index in [1.54, 1.807) is 25.3 Å². The van der Waals surface area contributed by atoms with Crippen molar-refractivity contribution >= 4 is 27.5 Å². The molecule has 21 heavy (non-hydrogen) atoms. The summed E-state index contributed by atoms with van der Waals surface area (Å²) in [6.45, 7) is 0.310. The average molecular weight is 367 g/mol. The lowest BCUT2D eigenvalue weighted by Crippen LogP contribution is -2.01. The normalized spacial score (nSPS) is 10.0. The fourth-order valence-electron chi connectivity index (χ4n) is 1.91. The summed E-state index contributed by atoms with van der Waals surface area (Å²) in [6, 6.07) is 13.0. The molecule has 0 atom stereocenters. The molecule has 3 nitrogen and oxygen atoms in total. The lowest BCUT2D eigenvalue weighted by Gasteiger charge is -2.13. The molecule has 0 bridgehead atoms. The van der Waals surface area contributed by atoms with Gasteiger partial charge in [-0.1, -0.05) is 15.9 Å². The van der Waals surface area contributed by atoms with Gasteiger partial charge in [-0.2, -0.15) is 5.26 Å². The number of halogens is 2. The van der Waals surface area contributed by atoms with Gasteiger partial charge >= 0.3 is 0 Å². The monoisotopic (exact) mass is 365 g/mol. The van der Waals surface area contributed by atoms with Crippen molar-refractivity contribution in [3.05, 3.63) is 57.6 Å². The average Bonchev–Trinajstić information content (AvgIpc) is 2.53. The van der Waals surface area contributed by atoms with E-state index in [0.717, 1.165) is 21.3 Å². The molecule has 0 fully saturated rings. The zero-order chi connectivity index (χ0) is 15.2. The lowest BCUT2D eigenvalue weighted by molar-refractivity contribution is 0.294. The molecule has 0 unspecified atom stereocenters. The quantitative estimate of drug-likeness (QED) is 0.724. The van der Waals surface area contributed by atoms with Gasteiger partial charge in [0.25, 0.3) is 0 Å². The second-order valence-corrected chi connectivity index (χ2v) is 5.50. The minimum Gasteiger partial charge on any atom is -0.496 e. The third kappa shape index (κ3) is 3.90. The second-order valence-electron chi connectivity index (χ2n) is 4.31. The first kappa shape index (κ1) is 15.7. The highest BCUT2D eigenvalue weighted by Crippen LogP contribution is 2.27. The number of alkyl halides is 1. The molecule has 0 aliphatic rings. The molecule has 0 aromatic heterocycles. The first-order valence-electron chi connectivity index (χ1n) is 6.22. The number of benzene rings is 2. The topological polar surface area (TPSA) is 42.2 Å². The van der Waals surface area contributed by atoms with E-state index in [4.69, 9.17) is 26.3 Å². The predicted octanol–water partition coefficient (Wildman–Crippen LogP) is 4.65. The number of nitrogens with zero attached hydrogens (tertiary/aromatic N) is 1. The molecule has 0 radical (unpaired) electrons. The molecule has 0 amide bonds. The van der Waals surface area contributed by atoms with Crippen LogP contribution in [0.5, 0.6) is 11.5 Å². The van der Waals surface area contributed by atoms with Crippen molar-refractivity contribution in [2.24, 2.45) is 0 Å². The third-order valence-electron chi connectivity index (χ3n) is 2.96. The molecule has 0 spiro atoms. The summed E-state index contributed by atoms with van der Waals surface area (Å²) in [4.78, 5) is 0. The fourth-order valence-corrected chi connectivity index (χ4v) is 2.53. The summed E-state index contributed by atoms with van der Waals surface area (Å²) in [7, 11) is 1.59. The molecule has 0 aliphatic carbocycles. The van der Waals surface area contributed by atoms with Crippen molar-refractivity contribution < 1.29 is 9.47 Å². The minimum atomic E-state index is 0.310. The van der Waals surface area contributed by atoms with Crippen LogP contribution in [0.1, 0.15) is 16.7 Å². The number of methoxy groups -OCH3 is 1. The number of nitriles is 1. The maximum atomic E-state index is 8.97. The maximum absolute atomic E-state index is 8.97. The molecule has 0 saturated heterocycles. The third-order valence-corrected chi connectivity index (χ3v) is 3.74. The van der Waals surface area contributed by atoms with Gasteiger partial charge in [-0.15, -0.1) is 11.6 Å². The zero-order valence-corrected chi connectivity index (χ0v) is 13.7. The summed E-state index contributed by atoms with van der Waals surface area (Å²) in [5.74, 6) is 1.78. The summed E-state index contributed by atoms with van der Waals surface area (Å²) < 4.78 is 12.1. The van der Waals surface area contributed by atoms with E-state index in [9.17, 15) is 0 Å². The number of hydrogen-bond acceptors (Lipinski definition) is 3. The molecule has 2 aromatic rings. The van der Waals surface area contributed by atoms with Crippen LogP contribution in [0.25, 0.3) is 0 Å². The van der Waals surface area contributed by atoms with Gasteiger partial charge in [-0.3, -0.25) is 0 Å². The Bertz CT molecular complexity index is 682. The smallest absolute Gasteiger partial charge is 0.125 e. The van der Waals surface area contributed by atoms with Gasteiger partial charge in [-0.25, -0.2) is 0 Å². The van der Waals surface area contributed by atoms with Crippen molar-refractivity contribution in [1.29, 1.82) is 5.26 Å². The Kier molecular flexibility index (Phi) is 5.49. The first-order valence-corrected chi connectivity index (χ1v) is 7.55. The van der Waals surface area contributed by atoms with Crippen molar-refractivity contribution in [1.82, 2.24) is 0 Å².